The molecule has 3 N–H and O–H groups in total. The highest BCUT2D eigenvalue weighted by molar-refractivity contribution is 6.30. The van der Waals surface area contributed by atoms with Crippen molar-refractivity contribution < 1.29 is 14.6 Å². The second-order valence-corrected chi connectivity index (χ2v) is 7.69. The lowest BCUT2D eigenvalue weighted by molar-refractivity contribution is 0.0844. The predicted octanol–water partition coefficient (Wildman–Crippen LogP) is 3.21. The van der Waals surface area contributed by atoms with Crippen LogP contribution < -0.4 is 10.5 Å². The van der Waals surface area contributed by atoms with Crippen LogP contribution in [0.4, 0.5) is 0 Å². The van der Waals surface area contributed by atoms with E-state index in [0.29, 0.717) is 39.5 Å². The van der Waals surface area contributed by atoms with Crippen LogP contribution in [0.25, 0.3) is 11.4 Å². The highest BCUT2D eigenvalue weighted by atomic mass is 35.5. The highest BCUT2D eigenvalue weighted by Crippen LogP contribution is 2.35. The molecule has 9 heteroatoms. The minimum Gasteiger partial charge on any atom is -0.438 e. The number of aliphatic hydroxyl groups is 1. The smallest absolute Gasteiger partial charge is 0.217 e. The van der Waals surface area contributed by atoms with E-state index in [1.165, 1.54) is 0 Å². The standard InChI is InChI=1S/C21H24ClN5O3/c1-27-20(9-17(26-27)13-4-6-29-7-5-13)30-19-8-15(22)2-3-16(19)21-24-11-14(12-25-21)18(28)10-23/h2-3,8-9,11-13,18,28H,4-7,10,23H2,1H3/t18-/m0/s1. The van der Waals surface area contributed by atoms with Crippen LogP contribution in [0.2, 0.25) is 5.02 Å². The van der Waals surface area contributed by atoms with Gasteiger partial charge in [-0.2, -0.15) is 5.10 Å². The van der Waals surface area contributed by atoms with Crippen molar-refractivity contribution in [1.82, 2.24) is 19.7 Å². The molecule has 2 aromatic heterocycles. The molecule has 0 amide bonds. The number of aryl methyl sites for hydroxylation is 1. The fourth-order valence-corrected chi connectivity index (χ4v) is 3.59. The maximum atomic E-state index is 9.85. The molecule has 1 saturated heterocycles. The molecule has 0 bridgehead atoms. The molecule has 4 rings (SSSR count). The molecule has 8 nitrogen and oxygen atoms in total. The molecule has 1 fully saturated rings. The number of hydrogen-bond acceptors (Lipinski definition) is 7. The molecular formula is C21H24ClN5O3. The number of hydrogen-bond donors (Lipinski definition) is 2. The van der Waals surface area contributed by atoms with Gasteiger partial charge >= 0.3 is 0 Å². The normalized spacial score (nSPS) is 15.9. The topological polar surface area (TPSA) is 108 Å². The van der Waals surface area contributed by atoms with Crippen LogP contribution in [-0.2, 0) is 11.8 Å². The Bertz CT molecular complexity index is 1000. The lowest BCUT2D eigenvalue weighted by atomic mass is 9.97. The molecule has 0 radical (unpaired) electrons. The summed E-state index contributed by atoms with van der Waals surface area (Å²) in [7, 11) is 1.85. The number of benzene rings is 1. The second kappa shape index (κ2) is 9.09. The van der Waals surface area contributed by atoms with Crippen molar-refractivity contribution in [2.24, 2.45) is 12.8 Å². The van der Waals surface area contributed by atoms with Gasteiger partial charge in [0.05, 0.1) is 17.4 Å². The van der Waals surface area contributed by atoms with E-state index in [4.69, 9.17) is 26.8 Å². The summed E-state index contributed by atoms with van der Waals surface area (Å²) in [5.41, 5.74) is 7.73. The Morgan fingerprint density at radius 1 is 1.27 bits per heavy atom. The number of aromatic nitrogens is 4. The van der Waals surface area contributed by atoms with Gasteiger partial charge in [0.15, 0.2) is 5.82 Å². The summed E-state index contributed by atoms with van der Waals surface area (Å²) in [6.07, 6.45) is 4.23. The van der Waals surface area contributed by atoms with Gasteiger partial charge in [0.1, 0.15) is 5.75 Å². The Hall–Kier alpha value is -2.52. The first-order chi connectivity index (χ1) is 14.5. The maximum absolute atomic E-state index is 9.85. The van der Waals surface area contributed by atoms with E-state index in [-0.39, 0.29) is 6.54 Å². The summed E-state index contributed by atoms with van der Waals surface area (Å²) in [6.45, 7) is 1.61. The van der Waals surface area contributed by atoms with E-state index in [0.717, 1.165) is 31.7 Å². The van der Waals surface area contributed by atoms with Gasteiger partial charge in [0, 0.05) is 67.8 Å². The van der Waals surface area contributed by atoms with Crippen molar-refractivity contribution >= 4 is 11.6 Å². The third kappa shape index (κ3) is 4.46. The molecule has 0 unspecified atom stereocenters. The van der Waals surface area contributed by atoms with E-state index in [1.54, 1.807) is 29.2 Å². The Morgan fingerprint density at radius 3 is 2.70 bits per heavy atom. The first-order valence-corrected chi connectivity index (χ1v) is 10.2. The Kier molecular flexibility index (Phi) is 6.29. The fourth-order valence-electron chi connectivity index (χ4n) is 3.42. The minimum absolute atomic E-state index is 0.105. The van der Waals surface area contributed by atoms with E-state index in [2.05, 4.69) is 15.1 Å². The van der Waals surface area contributed by atoms with Crippen molar-refractivity contribution in [2.45, 2.75) is 24.9 Å². The first-order valence-electron chi connectivity index (χ1n) is 9.84. The minimum atomic E-state index is -0.793. The summed E-state index contributed by atoms with van der Waals surface area (Å²) in [5, 5.41) is 15.0. The maximum Gasteiger partial charge on any atom is 0.217 e. The average Bonchev–Trinajstić information content (AvgIpc) is 3.14. The van der Waals surface area contributed by atoms with Gasteiger partial charge in [0.2, 0.25) is 5.88 Å². The van der Waals surface area contributed by atoms with Crippen molar-refractivity contribution in [3.8, 4) is 23.0 Å². The molecule has 1 aromatic carbocycles. The summed E-state index contributed by atoms with van der Waals surface area (Å²) in [6, 6.07) is 7.25. The molecule has 0 aliphatic carbocycles. The van der Waals surface area contributed by atoms with Crippen molar-refractivity contribution in [3.63, 3.8) is 0 Å². The number of aliphatic hydroxyl groups excluding tert-OH is 1. The van der Waals surface area contributed by atoms with Crippen LogP contribution >= 0.6 is 11.6 Å². The summed E-state index contributed by atoms with van der Waals surface area (Å²) >= 11 is 6.22. The van der Waals surface area contributed by atoms with Gasteiger partial charge in [-0.25, -0.2) is 14.6 Å². The van der Waals surface area contributed by atoms with Crippen molar-refractivity contribution in [2.75, 3.05) is 19.8 Å². The SMILES string of the molecule is Cn1nc(C2CCOCC2)cc1Oc1cc(Cl)ccc1-c1ncc([C@@H](O)CN)cn1. The highest BCUT2D eigenvalue weighted by Gasteiger charge is 2.21. The van der Waals surface area contributed by atoms with E-state index < -0.39 is 6.10 Å². The van der Waals surface area contributed by atoms with Gasteiger partial charge in [0.25, 0.3) is 0 Å². The quantitative estimate of drug-likeness (QED) is 0.619. The Balaban J connectivity index is 1.62. The molecule has 0 spiro atoms. The Labute approximate surface area is 179 Å². The second-order valence-electron chi connectivity index (χ2n) is 7.25. The number of nitrogens with zero attached hydrogens (tertiary/aromatic N) is 4. The lowest BCUT2D eigenvalue weighted by Crippen LogP contribution is -2.14. The third-order valence-electron chi connectivity index (χ3n) is 5.17. The zero-order chi connectivity index (χ0) is 21.1. The molecule has 0 saturated carbocycles. The number of rotatable bonds is 6. The van der Waals surface area contributed by atoms with Crippen LogP contribution in [0.15, 0.2) is 36.7 Å². The van der Waals surface area contributed by atoms with Crippen LogP contribution in [0.3, 0.4) is 0 Å². The summed E-state index contributed by atoms with van der Waals surface area (Å²) in [5.74, 6) is 1.96. The van der Waals surface area contributed by atoms with Gasteiger partial charge in [-0.1, -0.05) is 11.6 Å². The zero-order valence-corrected chi connectivity index (χ0v) is 17.4. The van der Waals surface area contributed by atoms with E-state index in [1.807, 2.05) is 19.2 Å². The number of halogens is 1. The van der Waals surface area contributed by atoms with Crippen molar-refractivity contribution in [1.29, 1.82) is 0 Å². The monoisotopic (exact) mass is 429 g/mol. The van der Waals surface area contributed by atoms with Gasteiger partial charge in [-0.3, -0.25) is 0 Å². The molecule has 3 heterocycles. The molecular weight excluding hydrogens is 406 g/mol. The van der Waals surface area contributed by atoms with E-state index in [9.17, 15) is 5.11 Å². The van der Waals surface area contributed by atoms with Gasteiger partial charge in [-0.05, 0) is 25.0 Å². The third-order valence-corrected chi connectivity index (χ3v) is 5.41. The lowest BCUT2D eigenvalue weighted by Gasteiger charge is -2.19. The van der Waals surface area contributed by atoms with Crippen LogP contribution in [0.5, 0.6) is 11.6 Å². The number of ether oxygens (including phenoxy) is 2. The average molecular weight is 430 g/mol. The molecule has 1 aliphatic heterocycles. The molecule has 1 aliphatic rings. The fraction of sp³-hybridized carbons (Fsp3) is 0.381. The first kappa shape index (κ1) is 20.7. The number of nitrogens with two attached hydrogens (primary N) is 1. The van der Waals surface area contributed by atoms with Gasteiger partial charge < -0.3 is 20.3 Å². The Morgan fingerprint density at radius 2 is 2.00 bits per heavy atom. The van der Waals surface area contributed by atoms with Crippen LogP contribution in [0.1, 0.15) is 36.1 Å². The van der Waals surface area contributed by atoms with E-state index >= 15 is 0 Å². The molecule has 30 heavy (non-hydrogen) atoms. The predicted molar refractivity (Wildman–Crippen MR) is 113 cm³/mol. The van der Waals surface area contributed by atoms with Crippen molar-refractivity contribution in [3.05, 3.63) is 52.9 Å². The van der Waals surface area contributed by atoms with Crippen LogP contribution in [0, 0.1) is 0 Å². The summed E-state index contributed by atoms with van der Waals surface area (Å²) < 4.78 is 13.3. The summed E-state index contributed by atoms with van der Waals surface area (Å²) in [4.78, 5) is 8.73. The van der Waals surface area contributed by atoms with Crippen LogP contribution in [-0.4, -0.2) is 44.6 Å². The van der Waals surface area contributed by atoms with Gasteiger partial charge in [-0.15, -0.1) is 0 Å². The zero-order valence-electron chi connectivity index (χ0n) is 16.7. The molecule has 3 aromatic rings. The molecule has 1 atom stereocenters. The molecule has 158 valence electrons. The largest absolute Gasteiger partial charge is 0.438 e.